The van der Waals surface area contributed by atoms with Crippen molar-refractivity contribution in [2.24, 2.45) is 5.73 Å². The first-order chi connectivity index (χ1) is 4.75. The number of hydrogen-bond donors (Lipinski definition) is 2. The van der Waals surface area contributed by atoms with Crippen molar-refractivity contribution >= 4 is 24.8 Å². The Morgan fingerprint density at radius 2 is 1.92 bits per heavy atom. The number of nitrogens with two attached hydrogens (primary N) is 1. The molecule has 0 aliphatic rings. The van der Waals surface area contributed by atoms with Crippen molar-refractivity contribution in [1.82, 2.24) is 0 Å². The van der Waals surface area contributed by atoms with Crippen LogP contribution in [0.15, 0.2) is 18.2 Å². The zero-order valence-electron chi connectivity index (χ0n) is 6.78. The number of halogens is 2. The molecule has 0 aliphatic carbocycles. The molecule has 0 fully saturated rings. The molecule has 0 atom stereocenters. The van der Waals surface area contributed by atoms with Crippen LogP contribution in [0.2, 0.25) is 0 Å². The number of phenols is 1. The summed E-state index contributed by atoms with van der Waals surface area (Å²) in [6.07, 6.45) is 0. The monoisotopic (exact) mass is 209 g/mol. The van der Waals surface area contributed by atoms with Crippen LogP contribution in [0.1, 0.15) is 11.1 Å². The lowest BCUT2D eigenvalue weighted by atomic mass is 10.1. The van der Waals surface area contributed by atoms with Crippen LogP contribution in [0.5, 0.6) is 5.75 Å². The van der Waals surface area contributed by atoms with E-state index in [0.717, 1.165) is 11.1 Å². The van der Waals surface area contributed by atoms with Gasteiger partial charge in [0.15, 0.2) is 0 Å². The molecular formula is C8H13Cl2NO. The maximum Gasteiger partial charge on any atom is 0.118 e. The van der Waals surface area contributed by atoms with Gasteiger partial charge >= 0.3 is 0 Å². The van der Waals surface area contributed by atoms with Gasteiger partial charge in [0.05, 0.1) is 0 Å². The molecule has 0 radical (unpaired) electrons. The lowest BCUT2D eigenvalue weighted by molar-refractivity contribution is 0.470. The molecule has 0 aliphatic heterocycles. The van der Waals surface area contributed by atoms with E-state index in [1.54, 1.807) is 12.1 Å². The van der Waals surface area contributed by atoms with Crippen LogP contribution in [0.25, 0.3) is 0 Å². The molecule has 0 bridgehead atoms. The second kappa shape index (κ2) is 6.12. The molecule has 2 nitrogen and oxygen atoms in total. The molecule has 1 aromatic rings. The van der Waals surface area contributed by atoms with Crippen molar-refractivity contribution < 1.29 is 5.11 Å². The normalized spacial score (nSPS) is 8.17. The molecule has 0 unspecified atom stereocenters. The van der Waals surface area contributed by atoms with Crippen LogP contribution in [0, 0.1) is 6.92 Å². The van der Waals surface area contributed by atoms with Crippen LogP contribution in [0.4, 0.5) is 0 Å². The number of rotatable bonds is 1. The van der Waals surface area contributed by atoms with Gasteiger partial charge < -0.3 is 10.8 Å². The maximum atomic E-state index is 9.18. The second-order valence-corrected chi connectivity index (χ2v) is 2.27. The second-order valence-electron chi connectivity index (χ2n) is 2.27. The van der Waals surface area contributed by atoms with Crippen LogP contribution >= 0.6 is 24.8 Å². The predicted molar refractivity (Wildman–Crippen MR) is 55.2 cm³/mol. The van der Waals surface area contributed by atoms with E-state index in [9.17, 15) is 5.11 Å². The van der Waals surface area contributed by atoms with Crippen molar-refractivity contribution in [3.8, 4) is 5.75 Å². The van der Waals surface area contributed by atoms with E-state index in [1.165, 1.54) is 0 Å². The zero-order valence-corrected chi connectivity index (χ0v) is 8.41. The van der Waals surface area contributed by atoms with Crippen molar-refractivity contribution in [3.05, 3.63) is 29.3 Å². The number of aromatic hydroxyl groups is 1. The summed E-state index contributed by atoms with van der Waals surface area (Å²) < 4.78 is 0. The van der Waals surface area contributed by atoms with Crippen molar-refractivity contribution in [2.45, 2.75) is 13.5 Å². The fourth-order valence-electron chi connectivity index (χ4n) is 0.891. The highest BCUT2D eigenvalue weighted by atomic mass is 35.5. The summed E-state index contributed by atoms with van der Waals surface area (Å²) in [5, 5.41) is 9.18. The minimum absolute atomic E-state index is 0. The summed E-state index contributed by atoms with van der Waals surface area (Å²) in [6, 6.07) is 5.37. The van der Waals surface area contributed by atoms with Crippen molar-refractivity contribution in [3.63, 3.8) is 0 Å². The van der Waals surface area contributed by atoms with E-state index < -0.39 is 0 Å². The van der Waals surface area contributed by atoms with Gasteiger partial charge in [-0.2, -0.15) is 0 Å². The molecule has 0 heterocycles. The first-order valence-electron chi connectivity index (χ1n) is 3.23. The largest absolute Gasteiger partial charge is 0.508 e. The molecule has 70 valence electrons. The Labute approximate surface area is 84.6 Å². The molecule has 1 rings (SSSR count). The molecule has 0 saturated carbocycles. The number of benzene rings is 1. The Kier molecular flexibility index (Phi) is 7.19. The summed E-state index contributed by atoms with van der Waals surface area (Å²) in [7, 11) is 0. The van der Waals surface area contributed by atoms with E-state index >= 15 is 0 Å². The molecule has 0 spiro atoms. The average molecular weight is 210 g/mol. The standard InChI is InChI=1S/C8H11NO.2ClH/c1-6-7(5-9)3-2-4-8(6)10;;/h2-4,10H,5,9H2,1H3;2*1H. The van der Waals surface area contributed by atoms with E-state index in [-0.39, 0.29) is 24.8 Å². The lowest BCUT2D eigenvalue weighted by Crippen LogP contribution is -1.98. The third-order valence-corrected chi connectivity index (χ3v) is 1.64. The molecule has 0 aromatic heterocycles. The summed E-state index contributed by atoms with van der Waals surface area (Å²) in [4.78, 5) is 0. The molecule has 1 aromatic carbocycles. The van der Waals surface area contributed by atoms with Gasteiger partial charge in [0.25, 0.3) is 0 Å². The van der Waals surface area contributed by atoms with Gasteiger partial charge in [-0.1, -0.05) is 12.1 Å². The molecule has 12 heavy (non-hydrogen) atoms. The van der Waals surface area contributed by atoms with Gasteiger partial charge in [0.1, 0.15) is 5.75 Å². The first kappa shape index (κ1) is 14.1. The van der Waals surface area contributed by atoms with Crippen LogP contribution in [-0.2, 0) is 6.54 Å². The Morgan fingerprint density at radius 1 is 1.33 bits per heavy atom. The first-order valence-corrected chi connectivity index (χ1v) is 3.23. The third-order valence-electron chi connectivity index (χ3n) is 1.64. The van der Waals surface area contributed by atoms with Gasteiger partial charge in [0.2, 0.25) is 0 Å². The molecule has 0 saturated heterocycles. The maximum absolute atomic E-state index is 9.18. The topological polar surface area (TPSA) is 46.2 Å². The predicted octanol–water partition coefficient (Wildman–Crippen LogP) is 2.00. The third kappa shape index (κ3) is 2.89. The Hall–Kier alpha value is -0.440. The molecule has 3 N–H and O–H groups in total. The zero-order chi connectivity index (χ0) is 7.56. The van der Waals surface area contributed by atoms with Crippen LogP contribution in [0.3, 0.4) is 0 Å². The highest BCUT2D eigenvalue weighted by Crippen LogP contribution is 2.18. The summed E-state index contributed by atoms with van der Waals surface area (Å²) in [5.74, 6) is 0.322. The summed E-state index contributed by atoms with van der Waals surface area (Å²) in [5.41, 5.74) is 7.29. The molecule has 4 heteroatoms. The van der Waals surface area contributed by atoms with Crippen LogP contribution in [-0.4, -0.2) is 5.11 Å². The molecule has 0 amide bonds. The average Bonchev–Trinajstić information content (AvgIpc) is 1.95. The van der Waals surface area contributed by atoms with Gasteiger partial charge in [0, 0.05) is 6.54 Å². The van der Waals surface area contributed by atoms with E-state index in [4.69, 9.17) is 5.73 Å². The smallest absolute Gasteiger partial charge is 0.118 e. The van der Waals surface area contributed by atoms with Crippen LogP contribution < -0.4 is 5.73 Å². The Bertz CT molecular complexity index is 240. The lowest BCUT2D eigenvalue weighted by Gasteiger charge is -2.02. The van der Waals surface area contributed by atoms with Crippen molar-refractivity contribution in [2.75, 3.05) is 0 Å². The summed E-state index contributed by atoms with van der Waals surface area (Å²) >= 11 is 0. The fraction of sp³-hybridized carbons (Fsp3) is 0.250. The minimum Gasteiger partial charge on any atom is -0.508 e. The SMILES string of the molecule is Cc1c(O)cccc1CN.Cl.Cl. The Balaban J connectivity index is 0. The highest BCUT2D eigenvalue weighted by Gasteiger charge is 1.98. The van der Waals surface area contributed by atoms with Gasteiger partial charge in [-0.05, 0) is 24.1 Å². The quantitative estimate of drug-likeness (QED) is 0.744. The van der Waals surface area contributed by atoms with E-state index in [1.807, 2.05) is 13.0 Å². The molecular weight excluding hydrogens is 197 g/mol. The summed E-state index contributed by atoms with van der Waals surface area (Å²) in [6.45, 7) is 2.34. The highest BCUT2D eigenvalue weighted by molar-refractivity contribution is 5.85. The number of phenolic OH excluding ortho intramolecular Hbond substituents is 1. The van der Waals surface area contributed by atoms with Crippen molar-refractivity contribution in [1.29, 1.82) is 0 Å². The minimum atomic E-state index is 0. The van der Waals surface area contributed by atoms with E-state index in [2.05, 4.69) is 0 Å². The Morgan fingerprint density at radius 3 is 2.33 bits per heavy atom. The van der Waals surface area contributed by atoms with Gasteiger partial charge in [-0.15, -0.1) is 24.8 Å². The van der Waals surface area contributed by atoms with Gasteiger partial charge in [-0.3, -0.25) is 0 Å². The van der Waals surface area contributed by atoms with Gasteiger partial charge in [-0.25, -0.2) is 0 Å². The fourth-order valence-corrected chi connectivity index (χ4v) is 0.891. The van der Waals surface area contributed by atoms with E-state index in [0.29, 0.717) is 12.3 Å². The number of hydrogen-bond acceptors (Lipinski definition) is 2.